The number of rotatable bonds is 4. The van der Waals surface area contributed by atoms with E-state index in [1.54, 1.807) is 0 Å². The van der Waals surface area contributed by atoms with Gasteiger partial charge in [0.1, 0.15) is 0 Å². The molecule has 0 spiro atoms. The van der Waals surface area contributed by atoms with Gasteiger partial charge in [-0.15, -0.1) is 0 Å². The molecule has 0 amide bonds. The monoisotopic (exact) mass is 219 g/mol. The maximum absolute atomic E-state index is 5.85. The van der Waals surface area contributed by atoms with Gasteiger partial charge in [-0.1, -0.05) is 0 Å². The van der Waals surface area contributed by atoms with E-state index in [4.69, 9.17) is 5.73 Å². The van der Waals surface area contributed by atoms with Crippen LogP contribution < -0.4 is 5.73 Å². The Labute approximate surface area is 94.9 Å². The molecule has 1 atom stereocenters. The molecule has 0 saturated heterocycles. The SMILES string of the molecule is C[C@@H](N)c1cncn1CCc1ccn(C)n1. The lowest BCUT2D eigenvalue weighted by molar-refractivity contribution is 0.612. The van der Waals surface area contributed by atoms with Gasteiger partial charge in [0.05, 0.1) is 17.7 Å². The number of nitrogens with two attached hydrogens (primary N) is 1. The van der Waals surface area contributed by atoms with Crippen molar-refractivity contribution in [3.63, 3.8) is 0 Å². The topological polar surface area (TPSA) is 61.7 Å². The summed E-state index contributed by atoms with van der Waals surface area (Å²) >= 11 is 0. The second kappa shape index (κ2) is 4.49. The van der Waals surface area contributed by atoms with Crippen LogP contribution >= 0.6 is 0 Å². The Kier molecular flexibility index (Phi) is 3.05. The van der Waals surface area contributed by atoms with E-state index in [0.717, 1.165) is 24.4 Å². The number of imidazole rings is 1. The number of hydrogen-bond donors (Lipinski definition) is 1. The van der Waals surface area contributed by atoms with Crippen LogP contribution in [0.15, 0.2) is 24.8 Å². The first-order valence-corrected chi connectivity index (χ1v) is 5.41. The summed E-state index contributed by atoms with van der Waals surface area (Å²) in [5, 5.41) is 4.34. The third-order valence-corrected chi connectivity index (χ3v) is 2.59. The molecule has 0 aliphatic heterocycles. The Bertz CT molecular complexity index is 454. The summed E-state index contributed by atoms with van der Waals surface area (Å²) in [6.07, 6.45) is 6.50. The molecule has 16 heavy (non-hydrogen) atoms. The molecule has 0 aliphatic rings. The van der Waals surface area contributed by atoms with Gasteiger partial charge in [0.15, 0.2) is 0 Å². The van der Waals surface area contributed by atoms with Crippen molar-refractivity contribution in [2.45, 2.75) is 25.9 Å². The average molecular weight is 219 g/mol. The summed E-state index contributed by atoms with van der Waals surface area (Å²) in [5.74, 6) is 0. The van der Waals surface area contributed by atoms with Crippen molar-refractivity contribution in [2.75, 3.05) is 0 Å². The average Bonchev–Trinajstić information content (AvgIpc) is 2.83. The Balaban J connectivity index is 2.02. The van der Waals surface area contributed by atoms with Crippen molar-refractivity contribution in [3.05, 3.63) is 36.2 Å². The van der Waals surface area contributed by atoms with Crippen LogP contribution in [0, 0.1) is 0 Å². The number of aromatic nitrogens is 4. The maximum atomic E-state index is 5.85. The highest BCUT2D eigenvalue weighted by molar-refractivity contribution is 5.05. The molecule has 0 saturated carbocycles. The van der Waals surface area contributed by atoms with E-state index in [-0.39, 0.29) is 6.04 Å². The zero-order valence-electron chi connectivity index (χ0n) is 9.67. The van der Waals surface area contributed by atoms with Gasteiger partial charge < -0.3 is 10.3 Å². The zero-order chi connectivity index (χ0) is 11.5. The highest BCUT2D eigenvalue weighted by atomic mass is 15.2. The van der Waals surface area contributed by atoms with Crippen LogP contribution in [-0.2, 0) is 20.0 Å². The molecule has 5 nitrogen and oxygen atoms in total. The molecule has 2 heterocycles. The molecular formula is C11H17N5. The molecule has 2 N–H and O–H groups in total. The van der Waals surface area contributed by atoms with Crippen molar-refractivity contribution in [1.82, 2.24) is 19.3 Å². The quantitative estimate of drug-likeness (QED) is 0.830. The first-order chi connectivity index (χ1) is 7.66. The Morgan fingerprint density at radius 2 is 2.31 bits per heavy atom. The molecule has 2 aromatic heterocycles. The lowest BCUT2D eigenvalue weighted by atomic mass is 10.2. The second-order valence-corrected chi connectivity index (χ2v) is 4.03. The molecule has 2 aromatic rings. The maximum Gasteiger partial charge on any atom is 0.0948 e. The van der Waals surface area contributed by atoms with Gasteiger partial charge in [-0.3, -0.25) is 4.68 Å². The summed E-state index contributed by atoms with van der Waals surface area (Å²) in [6.45, 7) is 2.84. The Morgan fingerprint density at radius 3 is 2.94 bits per heavy atom. The molecule has 0 fully saturated rings. The van der Waals surface area contributed by atoms with Crippen LogP contribution in [-0.4, -0.2) is 19.3 Å². The molecule has 0 aromatic carbocycles. The van der Waals surface area contributed by atoms with Gasteiger partial charge in [0.25, 0.3) is 0 Å². The molecule has 5 heteroatoms. The van der Waals surface area contributed by atoms with Crippen LogP contribution in [0.25, 0.3) is 0 Å². The highest BCUT2D eigenvalue weighted by Crippen LogP contribution is 2.09. The number of hydrogen-bond acceptors (Lipinski definition) is 3. The lowest BCUT2D eigenvalue weighted by Crippen LogP contribution is -2.13. The minimum Gasteiger partial charge on any atom is -0.333 e. The van der Waals surface area contributed by atoms with Crippen LogP contribution in [0.2, 0.25) is 0 Å². The predicted molar refractivity (Wildman–Crippen MR) is 61.7 cm³/mol. The molecule has 0 unspecified atom stereocenters. The molecule has 0 aliphatic carbocycles. The van der Waals surface area contributed by atoms with Crippen molar-refractivity contribution in [1.29, 1.82) is 0 Å². The number of aryl methyl sites for hydroxylation is 3. The summed E-state index contributed by atoms with van der Waals surface area (Å²) in [7, 11) is 1.92. The molecule has 0 radical (unpaired) electrons. The fourth-order valence-electron chi connectivity index (χ4n) is 1.73. The van der Waals surface area contributed by atoms with Crippen molar-refractivity contribution in [2.24, 2.45) is 12.8 Å². The van der Waals surface area contributed by atoms with Crippen molar-refractivity contribution < 1.29 is 0 Å². The number of nitrogens with zero attached hydrogens (tertiary/aromatic N) is 4. The third-order valence-electron chi connectivity index (χ3n) is 2.59. The smallest absolute Gasteiger partial charge is 0.0948 e. The summed E-state index contributed by atoms with van der Waals surface area (Å²) in [5.41, 5.74) is 8.01. The minimum absolute atomic E-state index is 0.0197. The van der Waals surface area contributed by atoms with Gasteiger partial charge in [-0.25, -0.2) is 4.98 Å². The third kappa shape index (κ3) is 2.30. The fraction of sp³-hybridized carbons (Fsp3) is 0.455. The van der Waals surface area contributed by atoms with Crippen LogP contribution in [0.5, 0.6) is 0 Å². The Morgan fingerprint density at radius 1 is 1.50 bits per heavy atom. The first-order valence-electron chi connectivity index (χ1n) is 5.41. The van der Waals surface area contributed by atoms with Gasteiger partial charge in [0, 0.05) is 38.4 Å². The van der Waals surface area contributed by atoms with E-state index in [1.807, 2.05) is 43.4 Å². The fourth-order valence-corrected chi connectivity index (χ4v) is 1.73. The molecular weight excluding hydrogens is 202 g/mol. The predicted octanol–water partition coefficient (Wildman–Crippen LogP) is 0.879. The van der Waals surface area contributed by atoms with Crippen molar-refractivity contribution in [3.8, 4) is 0 Å². The summed E-state index contributed by atoms with van der Waals surface area (Å²) in [6, 6.07) is 2.05. The first kappa shape index (κ1) is 10.9. The van der Waals surface area contributed by atoms with E-state index in [9.17, 15) is 0 Å². The Hall–Kier alpha value is -1.62. The van der Waals surface area contributed by atoms with Gasteiger partial charge in [-0.05, 0) is 13.0 Å². The highest BCUT2D eigenvalue weighted by Gasteiger charge is 2.06. The van der Waals surface area contributed by atoms with E-state index < -0.39 is 0 Å². The lowest BCUT2D eigenvalue weighted by Gasteiger charge is -2.09. The van der Waals surface area contributed by atoms with E-state index in [0.29, 0.717) is 0 Å². The van der Waals surface area contributed by atoms with E-state index in [1.165, 1.54) is 0 Å². The largest absolute Gasteiger partial charge is 0.333 e. The van der Waals surface area contributed by atoms with Crippen LogP contribution in [0.1, 0.15) is 24.4 Å². The molecule has 0 bridgehead atoms. The van der Waals surface area contributed by atoms with Crippen LogP contribution in [0.3, 0.4) is 0 Å². The van der Waals surface area contributed by atoms with Gasteiger partial charge >= 0.3 is 0 Å². The van der Waals surface area contributed by atoms with E-state index in [2.05, 4.69) is 14.6 Å². The summed E-state index contributed by atoms with van der Waals surface area (Å²) in [4.78, 5) is 4.12. The minimum atomic E-state index is 0.0197. The summed E-state index contributed by atoms with van der Waals surface area (Å²) < 4.78 is 3.90. The standard InChI is InChI=1S/C11H17N5/c1-9(12)11-7-13-8-16(11)6-4-10-3-5-15(2)14-10/h3,5,7-9H,4,6,12H2,1-2H3/t9-/m1/s1. The van der Waals surface area contributed by atoms with Crippen LogP contribution in [0.4, 0.5) is 0 Å². The normalized spacial score (nSPS) is 12.9. The van der Waals surface area contributed by atoms with E-state index >= 15 is 0 Å². The van der Waals surface area contributed by atoms with Gasteiger partial charge in [-0.2, -0.15) is 5.10 Å². The second-order valence-electron chi connectivity index (χ2n) is 4.03. The van der Waals surface area contributed by atoms with Crippen molar-refractivity contribution >= 4 is 0 Å². The van der Waals surface area contributed by atoms with Gasteiger partial charge in [0.2, 0.25) is 0 Å². The molecule has 2 rings (SSSR count). The zero-order valence-corrected chi connectivity index (χ0v) is 9.67. The molecule has 86 valence electrons.